The molecule has 2 rings (SSSR count). The average Bonchev–Trinajstić information content (AvgIpc) is 2.78. The molecular weight excluding hydrogens is 206 g/mol. The van der Waals surface area contributed by atoms with Crippen molar-refractivity contribution in [1.29, 1.82) is 0 Å². The van der Waals surface area contributed by atoms with Gasteiger partial charge in [-0.15, -0.1) is 0 Å². The first-order chi connectivity index (χ1) is 7.70. The van der Waals surface area contributed by atoms with Crippen molar-refractivity contribution in [3.63, 3.8) is 0 Å². The van der Waals surface area contributed by atoms with Crippen LogP contribution in [0.4, 0.5) is 0 Å². The van der Waals surface area contributed by atoms with Gasteiger partial charge in [0.15, 0.2) is 0 Å². The smallest absolute Gasteiger partial charge is 0.338 e. The summed E-state index contributed by atoms with van der Waals surface area (Å²) in [7, 11) is 0. The normalized spacial score (nSPS) is 10.3. The van der Waals surface area contributed by atoms with Gasteiger partial charge < -0.3 is 10.8 Å². The van der Waals surface area contributed by atoms with E-state index in [2.05, 4.69) is 5.10 Å². The van der Waals surface area contributed by atoms with Crippen molar-refractivity contribution in [3.05, 3.63) is 47.8 Å². The van der Waals surface area contributed by atoms with Crippen LogP contribution in [0.2, 0.25) is 0 Å². The molecule has 1 heterocycles. The van der Waals surface area contributed by atoms with Gasteiger partial charge in [0.2, 0.25) is 0 Å². The standard InChI is InChI=1S/C11H11N3O2/c12-5-8-2-1-3-10(4-8)14-7-9(6-13-14)11(15)16/h1-4,6-7H,5,12H2,(H,15,16). The van der Waals surface area contributed by atoms with Crippen LogP contribution in [0.1, 0.15) is 15.9 Å². The monoisotopic (exact) mass is 217 g/mol. The Morgan fingerprint density at radius 2 is 2.31 bits per heavy atom. The van der Waals surface area contributed by atoms with Gasteiger partial charge in [-0.25, -0.2) is 9.48 Å². The number of hydrogen-bond donors (Lipinski definition) is 2. The van der Waals surface area contributed by atoms with E-state index in [9.17, 15) is 4.79 Å². The second kappa shape index (κ2) is 4.16. The van der Waals surface area contributed by atoms with Crippen molar-refractivity contribution in [2.75, 3.05) is 0 Å². The van der Waals surface area contributed by atoms with Gasteiger partial charge in [0.1, 0.15) is 0 Å². The highest BCUT2D eigenvalue weighted by Gasteiger charge is 2.06. The molecule has 0 aliphatic rings. The Morgan fingerprint density at radius 3 is 2.94 bits per heavy atom. The molecule has 0 aliphatic heterocycles. The van der Waals surface area contributed by atoms with Crippen LogP contribution in [0.3, 0.4) is 0 Å². The van der Waals surface area contributed by atoms with Crippen LogP contribution >= 0.6 is 0 Å². The first-order valence-corrected chi connectivity index (χ1v) is 4.78. The van der Waals surface area contributed by atoms with E-state index in [1.165, 1.54) is 17.1 Å². The van der Waals surface area contributed by atoms with Crippen molar-refractivity contribution >= 4 is 5.97 Å². The zero-order valence-corrected chi connectivity index (χ0v) is 8.50. The number of benzene rings is 1. The van der Waals surface area contributed by atoms with Crippen LogP contribution in [0.25, 0.3) is 5.69 Å². The van der Waals surface area contributed by atoms with Crippen LogP contribution in [-0.2, 0) is 6.54 Å². The maximum absolute atomic E-state index is 10.7. The van der Waals surface area contributed by atoms with Crippen molar-refractivity contribution in [2.24, 2.45) is 5.73 Å². The number of nitrogens with two attached hydrogens (primary N) is 1. The first-order valence-electron chi connectivity index (χ1n) is 4.78. The number of nitrogens with zero attached hydrogens (tertiary/aromatic N) is 2. The van der Waals surface area contributed by atoms with Crippen LogP contribution in [-0.4, -0.2) is 20.9 Å². The third-order valence-electron chi connectivity index (χ3n) is 2.24. The van der Waals surface area contributed by atoms with E-state index in [0.29, 0.717) is 6.54 Å². The van der Waals surface area contributed by atoms with Gasteiger partial charge in [0.25, 0.3) is 0 Å². The number of rotatable bonds is 3. The molecule has 2 aromatic rings. The summed E-state index contributed by atoms with van der Waals surface area (Å²) in [6, 6.07) is 7.49. The van der Waals surface area contributed by atoms with Gasteiger partial charge in [0, 0.05) is 12.7 Å². The molecule has 0 unspecified atom stereocenters. The Hall–Kier alpha value is -2.14. The van der Waals surface area contributed by atoms with Crippen LogP contribution in [0, 0.1) is 0 Å². The maximum atomic E-state index is 10.7. The molecule has 0 fully saturated rings. The molecular formula is C11H11N3O2. The molecule has 1 aromatic heterocycles. The summed E-state index contributed by atoms with van der Waals surface area (Å²) in [4.78, 5) is 10.7. The van der Waals surface area contributed by atoms with E-state index in [-0.39, 0.29) is 5.56 Å². The molecule has 0 radical (unpaired) electrons. The predicted molar refractivity (Wildman–Crippen MR) is 58.4 cm³/mol. The Labute approximate surface area is 92.1 Å². The zero-order chi connectivity index (χ0) is 11.5. The summed E-state index contributed by atoms with van der Waals surface area (Å²) in [6.07, 6.45) is 2.79. The molecule has 0 amide bonds. The Morgan fingerprint density at radius 1 is 1.50 bits per heavy atom. The molecule has 82 valence electrons. The average molecular weight is 217 g/mol. The van der Waals surface area contributed by atoms with E-state index >= 15 is 0 Å². The molecule has 5 nitrogen and oxygen atoms in total. The van der Waals surface area contributed by atoms with Gasteiger partial charge in [-0.3, -0.25) is 0 Å². The first kappa shape index (κ1) is 10.4. The Bertz CT molecular complexity index is 519. The summed E-state index contributed by atoms with van der Waals surface area (Å²) in [5, 5.41) is 12.8. The SMILES string of the molecule is NCc1cccc(-n2cc(C(=O)O)cn2)c1. The fourth-order valence-corrected chi connectivity index (χ4v) is 1.40. The summed E-state index contributed by atoms with van der Waals surface area (Å²) >= 11 is 0. The van der Waals surface area contributed by atoms with Gasteiger partial charge in [-0.2, -0.15) is 5.10 Å². The Balaban J connectivity index is 2.38. The van der Waals surface area contributed by atoms with Crippen molar-refractivity contribution < 1.29 is 9.90 Å². The molecule has 0 saturated heterocycles. The molecule has 0 saturated carbocycles. The second-order valence-electron chi connectivity index (χ2n) is 3.35. The lowest BCUT2D eigenvalue weighted by Gasteiger charge is -2.02. The number of aromatic nitrogens is 2. The van der Waals surface area contributed by atoms with E-state index in [1.54, 1.807) is 0 Å². The van der Waals surface area contributed by atoms with Crippen molar-refractivity contribution in [2.45, 2.75) is 6.54 Å². The summed E-state index contributed by atoms with van der Waals surface area (Å²) in [5.74, 6) is -0.985. The van der Waals surface area contributed by atoms with Crippen molar-refractivity contribution in [1.82, 2.24) is 9.78 Å². The fraction of sp³-hybridized carbons (Fsp3) is 0.0909. The summed E-state index contributed by atoms with van der Waals surface area (Å²) in [5.41, 5.74) is 7.47. The van der Waals surface area contributed by atoms with E-state index in [1.807, 2.05) is 24.3 Å². The summed E-state index contributed by atoms with van der Waals surface area (Å²) < 4.78 is 1.52. The lowest BCUT2D eigenvalue weighted by Crippen LogP contribution is -2.00. The highest BCUT2D eigenvalue weighted by atomic mass is 16.4. The number of aromatic carboxylic acids is 1. The number of carbonyl (C=O) groups is 1. The minimum atomic E-state index is -0.985. The molecule has 0 spiro atoms. The highest BCUT2D eigenvalue weighted by molar-refractivity contribution is 5.86. The number of hydrogen-bond acceptors (Lipinski definition) is 3. The quantitative estimate of drug-likeness (QED) is 0.804. The minimum Gasteiger partial charge on any atom is -0.478 e. The maximum Gasteiger partial charge on any atom is 0.338 e. The molecule has 5 heteroatoms. The van der Waals surface area contributed by atoms with Gasteiger partial charge in [0.05, 0.1) is 17.4 Å². The molecule has 0 aliphatic carbocycles. The topological polar surface area (TPSA) is 81.1 Å². The predicted octanol–water partition coefficient (Wildman–Crippen LogP) is 1.03. The molecule has 16 heavy (non-hydrogen) atoms. The number of carboxylic acids is 1. The Kier molecular flexibility index (Phi) is 2.70. The van der Waals surface area contributed by atoms with Gasteiger partial charge in [-0.05, 0) is 17.7 Å². The van der Waals surface area contributed by atoms with E-state index in [4.69, 9.17) is 10.8 Å². The van der Waals surface area contributed by atoms with Crippen molar-refractivity contribution in [3.8, 4) is 5.69 Å². The van der Waals surface area contributed by atoms with Crippen LogP contribution in [0.15, 0.2) is 36.7 Å². The lowest BCUT2D eigenvalue weighted by molar-refractivity contribution is 0.0697. The molecule has 0 bridgehead atoms. The largest absolute Gasteiger partial charge is 0.478 e. The summed E-state index contributed by atoms with van der Waals surface area (Å²) in [6.45, 7) is 0.445. The third-order valence-corrected chi connectivity index (χ3v) is 2.24. The van der Waals surface area contributed by atoms with Crippen LogP contribution in [0.5, 0.6) is 0 Å². The molecule has 3 N–H and O–H groups in total. The third kappa shape index (κ3) is 1.94. The number of carboxylic acid groups (broad SMARTS) is 1. The minimum absolute atomic E-state index is 0.165. The molecule has 0 atom stereocenters. The fourth-order valence-electron chi connectivity index (χ4n) is 1.40. The van der Waals surface area contributed by atoms with Gasteiger partial charge in [-0.1, -0.05) is 12.1 Å². The van der Waals surface area contributed by atoms with Crippen LogP contribution < -0.4 is 5.73 Å². The highest BCUT2D eigenvalue weighted by Crippen LogP contribution is 2.10. The van der Waals surface area contributed by atoms with E-state index < -0.39 is 5.97 Å². The lowest BCUT2D eigenvalue weighted by atomic mass is 10.2. The second-order valence-corrected chi connectivity index (χ2v) is 3.35. The van der Waals surface area contributed by atoms with E-state index in [0.717, 1.165) is 11.3 Å². The zero-order valence-electron chi connectivity index (χ0n) is 8.50. The molecule has 1 aromatic carbocycles. The van der Waals surface area contributed by atoms with Gasteiger partial charge >= 0.3 is 5.97 Å².